The van der Waals surface area contributed by atoms with Crippen LogP contribution in [0.3, 0.4) is 0 Å². The van der Waals surface area contributed by atoms with Gasteiger partial charge in [-0.1, -0.05) is 48.5 Å². The first kappa shape index (κ1) is 14.3. The predicted molar refractivity (Wildman–Crippen MR) is 80.1 cm³/mol. The quantitative estimate of drug-likeness (QED) is 0.847. The van der Waals surface area contributed by atoms with E-state index < -0.39 is 0 Å². The van der Waals surface area contributed by atoms with Gasteiger partial charge in [-0.15, -0.1) is 0 Å². The van der Waals surface area contributed by atoms with E-state index in [0.717, 1.165) is 11.1 Å². The fourth-order valence-electron chi connectivity index (χ4n) is 2.08. The first-order chi connectivity index (χ1) is 9.66. The van der Waals surface area contributed by atoms with E-state index in [1.165, 1.54) is 12.5 Å². The molecule has 1 atom stereocenters. The molecule has 0 spiro atoms. The summed E-state index contributed by atoms with van der Waals surface area (Å²) in [6, 6.07) is 18.2. The Labute approximate surface area is 119 Å². The van der Waals surface area contributed by atoms with E-state index >= 15 is 0 Å². The van der Waals surface area contributed by atoms with Gasteiger partial charge in [-0.2, -0.15) is 0 Å². The van der Waals surface area contributed by atoms with Gasteiger partial charge in [0, 0.05) is 19.4 Å². The number of rotatable bonds is 5. The van der Waals surface area contributed by atoms with Crippen LogP contribution in [-0.4, -0.2) is 12.6 Å². The Kier molecular flexibility index (Phi) is 4.91. The molecule has 0 bridgehead atoms. The van der Waals surface area contributed by atoms with Gasteiger partial charge in [0.15, 0.2) is 0 Å². The molecule has 104 valence electrons. The van der Waals surface area contributed by atoms with E-state index in [1.54, 1.807) is 0 Å². The second kappa shape index (κ2) is 6.87. The Morgan fingerprint density at radius 3 is 2.50 bits per heavy atom. The lowest BCUT2D eigenvalue weighted by atomic mass is 9.98. The second-order valence-corrected chi connectivity index (χ2v) is 4.73. The Balaban J connectivity index is 2.08. The third-order valence-electron chi connectivity index (χ3n) is 3.16. The second-order valence-electron chi connectivity index (χ2n) is 4.73. The lowest BCUT2D eigenvalue weighted by molar-refractivity contribution is -0.141. The minimum Gasteiger partial charge on any atom is -0.466 e. The molecular weight excluding hydrogens is 250 g/mol. The molecule has 20 heavy (non-hydrogen) atoms. The number of nitrogens with two attached hydrogens (primary N) is 1. The predicted octanol–water partition coefficient (Wildman–Crippen LogP) is 3.31. The maximum atomic E-state index is 10.7. The first-order valence-electron chi connectivity index (χ1n) is 6.71. The number of esters is 1. The number of ether oxygens (including phenoxy) is 1. The molecule has 2 N–H and O–H groups in total. The van der Waals surface area contributed by atoms with Gasteiger partial charge in [0.2, 0.25) is 0 Å². The van der Waals surface area contributed by atoms with Crippen molar-refractivity contribution in [3.63, 3.8) is 0 Å². The Morgan fingerprint density at radius 2 is 1.80 bits per heavy atom. The van der Waals surface area contributed by atoms with E-state index in [2.05, 4.69) is 24.3 Å². The largest absolute Gasteiger partial charge is 0.466 e. The summed E-state index contributed by atoms with van der Waals surface area (Å²) in [6.45, 7) is 1.76. The minimum absolute atomic E-state index is 0.127. The van der Waals surface area contributed by atoms with Gasteiger partial charge in [0.25, 0.3) is 0 Å². The van der Waals surface area contributed by atoms with Crippen LogP contribution in [0.4, 0.5) is 0 Å². The molecule has 2 rings (SSSR count). The summed E-state index contributed by atoms with van der Waals surface area (Å²) in [7, 11) is 0. The third kappa shape index (κ3) is 3.93. The zero-order valence-electron chi connectivity index (χ0n) is 11.6. The van der Waals surface area contributed by atoms with Crippen LogP contribution in [-0.2, 0) is 9.53 Å². The van der Waals surface area contributed by atoms with Crippen molar-refractivity contribution in [2.24, 2.45) is 5.73 Å². The number of hydrogen-bond donors (Lipinski definition) is 1. The maximum absolute atomic E-state index is 10.7. The molecule has 0 fully saturated rings. The van der Waals surface area contributed by atoms with E-state index in [-0.39, 0.29) is 12.0 Å². The summed E-state index contributed by atoms with van der Waals surface area (Å²) in [6.07, 6.45) is 0.623. The fraction of sp³-hybridized carbons (Fsp3) is 0.235. The number of benzene rings is 2. The highest BCUT2D eigenvalue weighted by atomic mass is 16.5. The molecule has 0 saturated carbocycles. The van der Waals surface area contributed by atoms with Crippen molar-refractivity contribution >= 4 is 5.97 Å². The van der Waals surface area contributed by atoms with Crippen molar-refractivity contribution in [1.29, 1.82) is 0 Å². The van der Waals surface area contributed by atoms with E-state index in [4.69, 9.17) is 10.5 Å². The fourth-order valence-corrected chi connectivity index (χ4v) is 2.08. The van der Waals surface area contributed by atoms with Gasteiger partial charge in [-0.25, -0.2) is 0 Å². The molecule has 0 aliphatic carbocycles. The zero-order chi connectivity index (χ0) is 14.4. The summed E-state index contributed by atoms with van der Waals surface area (Å²) in [4.78, 5) is 10.7. The van der Waals surface area contributed by atoms with E-state index in [0.29, 0.717) is 13.0 Å². The summed E-state index contributed by atoms with van der Waals surface area (Å²) in [5, 5.41) is 0. The van der Waals surface area contributed by atoms with Crippen LogP contribution >= 0.6 is 0 Å². The van der Waals surface area contributed by atoms with Crippen LogP contribution in [0, 0.1) is 0 Å². The van der Waals surface area contributed by atoms with Gasteiger partial charge < -0.3 is 10.5 Å². The van der Waals surface area contributed by atoms with Gasteiger partial charge >= 0.3 is 5.97 Å². The first-order valence-corrected chi connectivity index (χ1v) is 6.71. The van der Waals surface area contributed by atoms with Crippen molar-refractivity contribution in [3.8, 4) is 11.1 Å². The van der Waals surface area contributed by atoms with Crippen LogP contribution in [0.2, 0.25) is 0 Å². The van der Waals surface area contributed by atoms with Crippen molar-refractivity contribution in [2.45, 2.75) is 19.4 Å². The molecule has 2 aromatic rings. The molecule has 0 aliphatic rings. The van der Waals surface area contributed by atoms with Crippen LogP contribution < -0.4 is 5.73 Å². The van der Waals surface area contributed by atoms with Crippen LogP contribution in [0.5, 0.6) is 0 Å². The lowest BCUT2D eigenvalue weighted by Gasteiger charge is -2.13. The number of carbonyl (C=O) groups is 1. The zero-order valence-corrected chi connectivity index (χ0v) is 11.6. The normalized spacial score (nSPS) is 11.9. The average Bonchev–Trinajstić information content (AvgIpc) is 2.48. The summed E-state index contributed by atoms with van der Waals surface area (Å²) < 4.78 is 4.93. The monoisotopic (exact) mass is 269 g/mol. The summed E-state index contributed by atoms with van der Waals surface area (Å²) in [5.74, 6) is -0.268. The molecule has 0 heterocycles. The van der Waals surface area contributed by atoms with E-state index in [9.17, 15) is 4.79 Å². The molecule has 3 heteroatoms. The van der Waals surface area contributed by atoms with Gasteiger partial charge in [-0.05, 0) is 22.8 Å². The highest BCUT2D eigenvalue weighted by molar-refractivity contribution is 5.66. The molecule has 0 amide bonds. The molecule has 0 aromatic heterocycles. The summed E-state index contributed by atoms with van der Waals surface area (Å²) in [5.41, 5.74) is 9.50. The molecule has 0 saturated heterocycles. The van der Waals surface area contributed by atoms with Crippen LogP contribution in [0.1, 0.15) is 24.9 Å². The lowest BCUT2D eigenvalue weighted by Crippen LogP contribution is -2.14. The van der Waals surface area contributed by atoms with Gasteiger partial charge in [-0.3, -0.25) is 4.79 Å². The molecule has 0 aliphatic heterocycles. The van der Waals surface area contributed by atoms with Crippen molar-refractivity contribution in [1.82, 2.24) is 0 Å². The molecule has 1 unspecified atom stereocenters. The van der Waals surface area contributed by atoms with Crippen molar-refractivity contribution in [3.05, 3.63) is 60.2 Å². The standard InChI is InChI=1S/C17H19NO2/c1-13(19)20-11-10-17(18)16-9-5-8-15(12-16)14-6-3-2-4-7-14/h2-9,12,17H,10-11,18H2,1H3. The average molecular weight is 269 g/mol. The van der Waals surface area contributed by atoms with Crippen LogP contribution in [0.15, 0.2) is 54.6 Å². The number of hydrogen-bond acceptors (Lipinski definition) is 3. The van der Waals surface area contributed by atoms with Crippen molar-refractivity contribution in [2.75, 3.05) is 6.61 Å². The molecule has 2 aromatic carbocycles. The topological polar surface area (TPSA) is 52.3 Å². The van der Waals surface area contributed by atoms with Crippen LogP contribution in [0.25, 0.3) is 11.1 Å². The highest BCUT2D eigenvalue weighted by Gasteiger charge is 2.08. The molecule has 3 nitrogen and oxygen atoms in total. The maximum Gasteiger partial charge on any atom is 0.302 e. The minimum atomic E-state index is -0.268. The molecular formula is C17H19NO2. The smallest absolute Gasteiger partial charge is 0.302 e. The Hall–Kier alpha value is -2.13. The van der Waals surface area contributed by atoms with E-state index in [1.807, 2.05) is 30.3 Å². The Morgan fingerprint density at radius 1 is 1.10 bits per heavy atom. The SMILES string of the molecule is CC(=O)OCCC(N)c1cccc(-c2ccccc2)c1. The third-order valence-corrected chi connectivity index (χ3v) is 3.16. The number of carbonyl (C=O) groups excluding carboxylic acids is 1. The van der Waals surface area contributed by atoms with Gasteiger partial charge in [0.05, 0.1) is 6.61 Å². The van der Waals surface area contributed by atoms with Crippen molar-refractivity contribution < 1.29 is 9.53 Å². The highest BCUT2D eigenvalue weighted by Crippen LogP contribution is 2.23. The molecule has 0 radical (unpaired) electrons. The Bertz CT molecular complexity index is 566. The van der Waals surface area contributed by atoms with Gasteiger partial charge in [0.1, 0.15) is 0 Å². The summed E-state index contributed by atoms with van der Waals surface area (Å²) >= 11 is 0.